The molecule has 5 rings (SSSR count). The lowest BCUT2D eigenvalue weighted by atomic mass is 9.99. The number of aromatic nitrogens is 1. The Labute approximate surface area is 140 Å². The van der Waals surface area contributed by atoms with E-state index in [1.807, 2.05) is 12.1 Å². The van der Waals surface area contributed by atoms with Crippen molar-refractivity contribution in [3.63, 3.8) is 0 Å². The molecule has 2 nitrogen and oxygen atoms in total. The third-order valence-corrected chi connectivity index (χ3v) is 5.11. The Kier molecular flexibility index (Phi) is 2.83. The van der Waals surface area contributed by atoms with Crippen molar-refractivity contribution in [2.75, 3.05) is 6.54 Å². The van der Waals surface area contributed by atoms with Crippen LogP contribution in [-0.2, 0) is 6.42 Å². The van der Waals surface area contributed by atoms with E-state index in [2.05, 4.69) is 40.6 Å². The highest BCUT2D eigenvalue weighted by Crippen LogP contribution is 2.41. The molecule has 3 aromatic rings. The van der Waals surface area contributed by atoms with E-state index in [1.54, 1.807) is 5.57 Å². The van der Waals surface area contributed by atoms with E-state index in [4.69, 9.17) is 11.6 Å². The predicted molar refractivity (Wildman–Crippen MR) is 96.6 cm³/mol. The molecule has 3 heteroatoms. The first-order valence-electron chi connectivity index (χ1n) is 8.17. The van der Waals surface area contributed by atoms with Gasteiger partial charge < -0.3 is 10.3 Å². The standard InChI is InChI=1S/C20H17ClN2/c21-14-8-6-13(7-9-14)20-16-10-11-22-19(12-4-5-12)15-2-1-3-17(23-20)18(15)16/h1-3,6-9,22-23H,4-5,10-11H2. The maximum atomic E-state index is 6.05. The monoisotopic (exact) mass is 320 g/mol. The van der Waals surface area contributed by atoms with Gasteiger partial charge in [0, 0.05) is 39.4 Å². The smallest absolute Gasteiger partial charge is 0.0498 e. The predicted octanol–water partition coefficient (Wildman–Crippen LogP) is 5.14. The molecule has 0 saturated heterocycles. The molecule has 2 aliphatic rings. The Morgan fingerprint density at radius 2 is 1.74 bits per heavy atom. The van der Waals surface area contributed by atoms with Gasteiger partial charge in [-0.15, -0.1) is 0 Å². The molecule has 114 valence electrons. The van der Waals surface area contributed by atoms with Crippen LogP contribution in [0.1, 0.15) is 24.0 Å². The summed E-state index contributed by atoms with van der Waals surface area (Å²) in [4.78, 5) is 3.65. The molecule has 1 saturated carbocycles. The van der Waals surface area contributed by atoms with Crippen molar-refractivity contribution in [3.05, 3.63) is 64.2 Å². The van der Waals surface area contributed by atoms with Crippen LogP contribution < -0.4 is 5.32 Å². The second-order valence-electron chi connectivity index (χ2n) is 6.37. The molecule has 0 spiro atoms. The highest BCUT2D eigenvalue weighted by Gasteiger charge is 2.25. The van der Waals surface area contributed by atoms with Gasteiger partial charge in [-0.3, -0.25) is 0 Å². The average Bonchev–Trinajstić information content (AvgIpc) is 3.35. The number of H-pyrrole nitrogens is 1. The Hall–Kier alpha value is -2.19. The van der Waals surface area contributed by atoms with Crippen LogP contribution >= 0.6 is 11.6 Å². The van der Waals surface area contributed by atoms with Gasteiger partial charge in [0.2, 0.25) is 0 Å². The lowest BCUT2D eigenvalue weighted by molar-refractivity contribution is 0.860. The van der Waals surface area contributed by atoms with E-state index in [0.29, 0.717) is 0 Å². The van der Waals surface area contributed by atoms with Crippen molar-refractivity contribution < 1.29 is 0 Å². The van der Waals surface area contributed by atoms with Crippen molar-refractivity contribution in [1.82, 2.24) is 10.3 Å². The molecule has 23 heavy (non-hydrogen) atoms. The summed E-state index contributed by atoms with van der Waals surface area (Å²) in [5.41, 5.74) is 9.38. The van der Waals surface area contributed by atoms with E-state index in [-0.39, 0.29) is 0 Å². The number of hydrogen-bond donors (Lipinski definition) is 2. The highest BCUT2D eigenvalue weighted by molar-refractivity contribution is 6.30. The summed E-state index contributed by atoms with van der Waals surface area (Å²) >= 11 is 6.05. The van der Waals surface area contributed by atoms with Gasteiger partial charge in [0.25, 0.3) is 0 Å². The number of benzene rings is 2. The minimum Gasteiger partial charge on any atom is -0.384 e. The molecule has 1 fully saturated rings. The van der Waals surface area contributed by atoms with Crippen LogP contribution in [0, 0.1) is 0 Å². The SMILES string of the molecule is Clc1ccc(-c2[nH]c3cccc4c3c2CCNC4=C2CC2)cc1. The average molecular weight is 321 g/mol. The minimum absolute atomic E-state index is 0.777. The second kappa shape index (κ2) is 4.90. The minimum atomic E-state index is 0.777. The fraction of sp³-hybridized carbons (Fsp3) is 0.200. The maximum absolute atomic E-state index is 6.05. The normalized spacial score (nSPS) is 16.4. The fourth-order valence-electron chi connectivity index (χ4n) is 3.67. The molecular weight excluding hydrogens is 304 g/mol. The third kappa shape index (κ3) is 2.09. The van der Waals surface area contributed by atoms with Crippen molar-refractivity contribution in [2.24, 2.45) is 0 Å². The zero-order chi connectivity index (χ0) is 15.4. The first-order chi connectivity index (χ1) is 11.3. The third-order valence-electron chi connectivity index (χ3n) is 4.86. The van der Waals surface area contributed by atoms with E-state index in [9.17, 15) is 0 Å². The van der Waals surface area contributed by atoms with Gasteiger partial charge in [0.15, 0.2) is 0 Å². The lowest BCUT2D eigenvalue weighted by Gasteiger charge is -2.08. The topological polar surface area (TPSA) is 27.8 Å². The van der Waals surface area contributed by atoms with Gasteiger partial charge in [-0.2, -0.15) is 0 Å². The van der Waals surface area contributed by atoms with Crippen LogP contribution in [0.15, 0.2) is 48.0 Å². The van der Waals surface area contributed by atoms with Crippen molar-refractivity contribution in [2.45, 2.75) is 19.3 Å². The number of nitrogens with one attached hydrogen (secondary N) is 2. The van der Waals surface area contributed by atoms with Crippen LogP contribution in [0.3, 0.4) is 0 Å². The van der Waals surface area contributed by atoms with Crippen molar-refractivity contribution >= 4 is 28.2 Å². The van der Waals surface area contributed by atoms with Crippen LogP contribution in [0.4, 0.5) is 0 Å². The number of rotatable bonds is 1. The van der Waals surface area contributed by atoms with E-state index in [1.165, 1.54) is 51.8 Å². The molecule has 0 amide bonds. The molecule has 2 N–H and O–H groups in total. The van der Waals surface area contributed by atoms with Gasteiger partial charge in [-0.05, 0) is 54.2 Å². The Balaban J connectivity index is 1.80. The summed E-state index contributed by atoms with van der Waals surface area (Å²) < 4.78 is 0. The highest BCUT2D eigenvalue weighted by atomic mass is 35.5. The molecule has 2 heterocycles. The molecule has 0 atom stereocenters. The van der Waals surface area contributed by atoms with E-state index < -0.39 is 0 Å². The zero-order valence-electron chi connectivity index (χ0n) is 12.7. The zero-order valence-corrected chi connectivity index (χ0v) is 13.5. The molecule has 2 aromatic carbocycles. The second-order valence-corrected chi connectivity index (χ2v) is 6.81. The fourth-order valence-corrected chi connectivity index (χ4v) is 3.80. The van der Waals surface area contributed by atoms with Crippen LogP contribution in [0.25, 0.3) is 27.9 Å². The Morgan fingerprint density at radius 1 is 0.913 bits per heavy atom. The molecule has 0 bridgehead atoms. The van der Waals surface area contributed by atoms with Gasteiger partial charge in [-0.25, -0.2) is 0 Å². The molecular formula is C20H17ClN2. The molecule has 0 radical (unpaired) electrons. The van der Waals surface area contributed by atoms with Crippen LogP contribution in [0.5, 0.6) is 0 Å². The first kappa shape index (κ1) is 13.3. The molecule has 1 aliphatic carbocycles. The van der Waals surface area contributed by atoms with Gasteiger partial charge >= 0.3 is 0 Å². The summed E-state index contributed by atoms with van der Waals surface area (Å²) in [6, 6.07) is 14.7. The van der Waals surface area contributed by atoms with E-state index >= 15 is 0 Å². The lowest BCUT2D eigenvalue weighted by Crippen LogP contribution is -2.13. The molecule has 0 unspecified atom stereocenters. The van der Waals surface area contributed by atoms with Gasteiger partial charge in [0.05, 0.1) is 0 Å². The summed E-state index contributed by atoms with van der Waals surface area (Å²) in [7, 11) is 0. The van der Waals surface area contributed by atoms with Crippen LogP contribution in [-0.4, -0.2) is 11.5 Å². The first-order valence-corrected chi connectivity index (χ1v) is 8.55. The number of hydrogen-bond acceptors (Lipinski definition) is 1. The van der Waals surface area contributed by atoms with Crippen LogP contribution in [0.2, 0.25) is 5.02 Å². The van der Waals surface area contributed by atoms with E-state index in [0.717, 1.165) is 18.0 Å². The largest absolute Gasteiger partial charge is 0.384 e. The van der Waals surface area contributed by atoms with Crippen molar-refractivity contribution in [3.8, 4) is 11.3 Å². The van der Waals surface area contributed by atoms with Crippen molar-refractivity contribution in [1.29, 1.82) is 0 Å². The summed E-state index contributed by atoms with van der Waals surface area (Å²) in [6.07, 6.45) is 3.51. The number of aromatic amines is 1. The summed E-state index contributed by atoms with van der Waals surface area (Å²) in [6.45, 7) is 0.987. The number of halogens is 1. The van der Waals surface area contributed by atoms with Gasteiger partial charge in [0.1, 0.15) is 0 Å². The van der Waals surface area contributed by atoms with Gasteiger partial charge in [-0.1, -0.05) is 35.9 Å². The number of allylic oxidation sites excluding steroid dienone is 1. The summed E-state index contributed by atoms with van der Waals surface area (Å²) in [5, 5.41) is 5.83. The maximum Gasteiger partial charge on any atom is 0.0498 e. The molecule has 1 aromatic heterocycles. The summed E-state index contributed by atoms with van der Waals surface area (Å²) in [5.74, 6) is 0. The molecule has 1 aliphatic heterocycles. The Bertz CT molecular complexity index is 942. The Morgan fingerprint density at radius 3 is 2.52 bits per heavy atom. The quantitative estimate of drug-likeness (QED) is 0.638.